The van der Waals surface area contributed by atoms with E-state index in [1.54, 1.807) is 6.92 Å². The van der Waals surface area contributed by atoms with E-state index in [1.165, 1.54) is 6.07 Å². The van der Waals surface area contributed by atoms with Gasteiger partial charge in [0.2, 0.25) is 0 Å². The van der Waals surface area contributed by atoms with Crippen molar-refractivity contribution in [1.29, 1.82) is 0 Å². The van der Waals surface area contributed by atoms with Crippen LogP contribution in [0.2, 0.25) is 0 Å². The maximum atomic E-state index is 12.8. The van der Waals surface area contributed by atoms with Gasteiger partial charge >= 0.3 is 0 Å². The predicted octanol–water partition coefficient (Wildman–Crippen LogP) is 1.65. The number of phenolic OH excluding ortho intramolecular Hbond substituents is 2. The van der Waals surface area contributed by atoms with Gasteiger partial charge in [-0.05, 0) is 18.6 Å². The van der Waals surface area contributed by atoms with Crippen LogP contribution in [0.5, 0.6) is 11.5 Å². The maximum Gasteiger partial charge on any atom is 0.165 e. The molecule has 0 unspecified atom stereocenters. The summed E-state index contributed by atoms with van der Waals surface area (Å²) in [7, 11) is 0. The van der Waals surface area contributed by atoms with Crippen LogP contribution in [0.3, 0.4) is 0 Å². The minimum Gasteiger partial charge on any atom is -0.507 e. The lowest BCUT2D eigenvalue weighted by Crippen LogP contribution is -2.09. The van der Waals surface area contributed by atoms with E-state index in [0.29, 0.717) is 6.42 Å². The van der Waals surface area contributed by atoms with Crippen molar-refractivity contribution in [2.75, 3.05) is 0 Å². The molecule has 0 saturated heterocycles. The van der Waals surface area contributed by atoms with Gasteiger partial charge in [-0.1, -0.05) is 6.92 Å². The summed E-state index contributed by atoms with van der Waals surface area (Å²) in [6.45, 7) is 1.79. The largest absolute Gasteiger partial charge is 0.507 e. The Morgan fingerprint density at radius 1 is 1.46 bits per heavy atom. The first-order chi connectivity index (χ1) is 6.07. The Balaban J connectivity index is 3.25. The molecule has 0 fully saturated rings. The molecule has 1 atom stereocenters. The van der Waals surface area contributed by atoms with Crippen molar-refractivity contribution in [1.82, 2.24) is 0 Å². The van der Waals surface area contributed by atoms with Gasteiger partial charge in [-0.3, -0.25) is 0 Å². The Kier molecular flexibility index (Phi) is 2.72. The van der Waals surface area contributed by atoms with Crippen molar-refractivity contribution in [3.8, 4) is 11.5 Å². The second-order valence-corrected chi connectivity index (χ2v) is 2.84. The highest BCUT2D eigenvalue weighted by atomic mass is 19.1. The van der Waals surface area contributed by atoms with Gasteiger partial charge in [0.25, 0.3) is 0 Å². The molecule has 0 amide bonds. The normalized spacial score (nSPS) is 12.8. The van der Waals surface area contributed by atoms with E-state index in [4.69, 9.17) is 5.73 Å². The summed E-state index contributed by atoms with van der Waals surface area (Å²) < 4.78 is 12.8. The highest BCUT2D eigenvalue weighted by molar-refractivity contribution is 5.45. The molecule has 1 aromatic rings. The van der Waals surface area contributed by atoms with Gasteiger partial charge in [0.1, 0.15) is 5.75 Å². The van der Waals surface area contributed by atoms with Crippen LogP contribution in [-0.2, 0) is 0 Å². The van der Waals surface area contributed by atoms with Crippen molar-refractivity contribution < 1.29 is 14.6 Å². The van der Waals surface area contributed by atoms with Crippen LogP contribution in [0, 0.1) is 5.82 Å². The summed E-state index contributed by atoms with van der Waals surface area (Å²) in [5.41, 5.74) is 5.65. The molecule has 0 bridgehead atoms. The molecule has 1 aromatic carbocycles. The molecule has 0 radical (unpaired) electrons. The Morgan fingerprint density at radius 3 is 2.62 bits per heavy atom. The smallest absolute Gasteiger partial charge is 0.165 e. The van der Waals surface area contributed by atoms with Gasteiger partial charge in [0.15, 0.2) is 11.6 Å². The van der Waals surface area contributed by atoms with E-state index in [9.17, 15) is 14.6 Å². The van der Waals surface area contributed by atoms with Gasteiger partial charge in [0, 0.05) is 6.04 Å². The van der Waals surface area contributed by atoms with E-state index < -0.39 is 17.6 Å². The first-order valence-corrected chi connectivity index (χ1v) is 4.03. The molecule has 0 aliphatic heterocycles. The second kappa shape index (κ2) is 3.62. The fourth-order valence-electron chi connectivity index (χ4n) is 1.14. The molecule has 4 N–H and O–H groups in total. The van der Waals surface area contributed by atoms with Crippen LogP contribution in [0.4, 0.5) is 4.39 Å². The second-order valence-electron chi connectivity index (χ2n) is 2.84. The van der Waals surface area contributed by atoms with Crippen molar-refractivity contribution in [2.24, 2.45) is 5.73 Å². The highest BCUT2D eigenvalue weighted by Crippen LogP contribution is 2.34. The van der Waals surface area contributed by atoms with Gasteiger partial charge in [-0.2, -0.15) is 0 Å². The minimum atomic E-state index is -0.767. The van der Waals surface area contributed by atoms with Crippen molar-refractivity contribution in [3.63, 3.8) is 0 Å². The number of halogens is 1. The number of hydrogen-bond acceptors (Lipinski definition) is 3. The van der Waals surface area contributed by atoms with Crippen LogP contribution in [0.1, 0.15) is 24.9 Å². The minimum absolute atomic E-state index is 0.0718. The van der Waals surface area contributed by atoms with Crippen molar-refractivity contribution >= 4 is 0 Å². The summed E-state index contributed by atoms with van der Waals surface area (Å²) >= 11 is 0. The zero-order valence-corrected chi connectivity index (χ0v) is 7.29. The molecule has 72 valence electrons. The molecule has 0 aliphatic rings. The lowest BCUT2D eigenvalue weighted by Gasteiger charge is -2.13. The molecule has 0 aromatic heterocycles. The Bertz CT molecular complexity index is 315. The van der Waals surface area contributed by atoms with E-state index >= 15 is 0 Å². The number of rotatable bonds is 2. The standard InChI is InChI=1S/C9H12FNO2/c1-2-6(11)8-7(12)4-3-5(10)9(8)13/h3-4,6,12-13H,2,11H2,1H3/t6-/m1/s1. The first kappa shape index (κ1) is 9.80. The van der Waals surface area contributed by atoms with E-state index in [-0.39, 0.29) is 11.3 Å². The highest BCUT2D eigenvalue weighted by Gasteiger charge is 2.17. The van der Waals surface area contributed by atoms with Gasteiger partial charge in [0.05, 0.1) is 5.56 Å². The number of nitrogens with two attached hydrogens (primary N) is 1. The Morgan fingerprint density at radius 2 is 2.08 bits per heavy atom. The lowest BCUT2D eigenvalue weighted by atomic mass is 10.0. The van der Waals surface area contributed by atoms with Gasteiger partial charge in [-0.15, -0.1) is 0 Å². The van der Waals surface area contributed by atoms with Crippen LogP contribution < -0.4 is 5.73 Å². The monoisotopic (exact) mass is 185 g/mol. The van der Waals surface area contributed by atoms with Gasteiger partial charge in [-0.25, -0.2) is 4.39 Å². The first-order valence-electron chi connectivity index (χ1n) is 4.03. The zero-order valence-electron chi connectivity index (χ0n) is 7.29. The fraction of sp³-hybridized carbons (Fsp3) is 0.333. The van der Waals surface area contributed by atoms with Crippen LogP contribution in [0.15, 0.2) is 12.1 Å². The third-order valence-electron chi connectivity index (χ3n) is 1.96. The number of hydrogen-bond donors (Lipinski definition) is 3. The third kappa shape index (κ3) is 1.72. The van der Waals surface area contributed by atoms with Crippen LogP contribution in [0.25, 0.3) is 0 Å². The average molecular weight is 185 g/mol. The fourth-order valence-corrected chi connectivity index (χ4v) is 1.14. The summed E-state index contributed by atoms with van der Waals surface area (Å²) in [6.07, 6.45) is 0.518. The molecule has 0 saturated carbocycles. The van der Waals surface area contributed by atoms with E-state index in [2.05, 4.69) is 0 Å². The van der Waals surface area contributed by atoms with Crippen LogP contribution in [-0.4, -0.2) is 10.2 Å². The van der Waals surface area contributed by atoms with E-state index in [1.807, 2.05) is 0 Å². The summed E-state index contributed by atoms with van der Waals surface area (Å²) in [4.78, 5) is 0. The maximum absolute atomic E-state index is 12.8. The summed E-state index contributed by atoms with van der Waals surface area (Å²) in [5.74, 6) is -1.50. The molecule has 0 aliphatic carbocycles. The quantitative estimate of drug-likeness (QED) is 0.656. The Labute approximate surface area is 75.6 Å². The summed E-state index contributed by atoms with van der Waals surface area (Å²) in [5, 5.41) is 18.6. The number of aromatic hydroxyl groups is 2. The molecule has 13 heavy (non-hydrogen) atoms. The molecule has 0 heterocycles. The molecule has 3 nitrogen and oxygen atoms in total. The Hall–Kier alpha value is -1.29. The molecule has 1 rings (SSSR count). The molecular formula is C9H12FNO2. The number of benzene rings is 1. The average Bonchev–Trinajstić information content (AvgIpc) is 2.12. The zero-order chi connectivity index (χ0) is 10.0. The molecule has 0 spiro atoms. The third-order valence-corrected chi connectivity index (χ3v) is 1.96. The molecular weight excluding hydrogens is 173 g/mol. The SMILES string of the molecule is CC[C@@H](N)c1c(O)ccc(F)c1O. The number of phenols is 2. The summed E-state index contributed by atoms with van der Waals surface area (Å²) in [6, 6.07) is 1.63. The van der Waals surface area contributed by atoms with Gasteiger partial charge < -0.3 is 15.9 Å². The lowest BCUT2D eigenvalue weighted by molar-refractivity contribution is 0.400. The van der Waals surface area contributed by atoms with Crippen LogP contribution >= 0.6 is 0 Å². The van der Waals surface area contributed by atoms with Crippen molar-refractivity contribution in [2.45, 2.75) is 19.4 Å². The molecule has 4 heteroatoms. The predicted molar refractivity (Wildman–Crippen MR) is 46.9 cm³/mol. The topological polar surface area (TPSA) is 66.5 Å². The van der Waals surface area contributed by atoms with E-state index in [0.717, 1.165) is 6.07 Å². The van der Waals surface area contributed by atoms with Crippen molar-refractivity contribution in [3.05, 3.63) is 23.5 Å².